The summed E-state index contributed by atoms with van der Waals surface area (Å²) in [5.74, 6) is 0.626. The number of alkyl carbamates (subject to hydrolysis) is 1. The summed E-state index contributed by atoms with van der Waals surface area (Å²) in [5, 5.41) is 18.7. The molecule has 0 radical (unpaired) electrons. The van der Waals surface area contributed by atoms with Crippen molar-refractivity contribution in [2.24, 2.45) is 0 Å². The third-order valence-corrected chi connectivity index (χ3v) is 8.09. The molecule has 1 fully saturated rings. The van der Waals surface area contributed by atoms with Gasteiger partial charge in [-0.25, -0.2) is 28.9 Å². The summed E-state index contributed by atoms with van der Waals surface area (Å²) in [4.78, 5) is 59.2. The molecule has 4 rings (SSSR count). The lowest BCUT2D eigenvalue weighted by atomic mass is 10.0. The highest BCUT2D eigenvalue weighted by molar-refractivity contribution is 5.94. The Kier molecular flexibility index (Phi) is 13.3. The largest absolute Gasteiger partial charge is 0.514 e. The maximum atomic E-state index is 14.0. The van der Waals surface area contributed by atoms with Crippen molar-refractivity contribution in [1.29, 1.82) is 0 Å². The molecule has 55 heavy (non-hydrogen) atoms. The third-order valence-electron chi connectivity index (χ3n) is 8.09. The fourth-order valence-electron chi connectivity index (χ4n) is 5.72. The monoisotopic (exact) mass is 767 g/mol. The summed E-state index contributed by atoms with van der Waals surface area (Å²) < 4.78 is 29.6. The minimum atomic E-state index is -0.912. The van der Waals surface area contributed by atoms with Gasteiger partial charge in [0, 0.05) is 42.4 Å². The van der Waals surface area contributed by atoms with Crippen LogP contribution in [0.1, 0.15) is 113 Å². The summed E-state index contributed by atoms with van der Waals surface area (Å²) in [6.45, 7) is 18.7. The molecule has 1 N–H and O–H groups in total. The lowest BCUT2D eigenvalue weighted by Crippen LogP contribution is -2.37. The fraction of sp³-hybridized carbons (Fsp3) is 0.579. The number of nitro benzene ring substituents is 1. The van der Waals surface area contributed by atoms with Crippen molar-refractivity contribution in [3.63, 3.8) is 0 Å². The molecule has 3 aromatic rings. The van der Waals surface area contributed by atoms with E-state index < -0.39 is 46.1 Å². The summed E-state index contributed by atoms with van der Waals surface area (Å²) in [7, 11) is 0. The van der Waals surface area contributed by atoms with Gasteiger partial charge in [-0.2, -0.15) is 10.1 Å². The highest BCUT2D eigenvalue weighted by Gasteiger charge is 2.36. The molecule has 2 amide bonds. The maximum Gasteiger partial charge on any atom is 0.514 e. The van der Waals surface area contributed by atoms with Crippen LogP contribution in [0.15, 0.2) is 42.6 Å². The van der Waals surface area contributed by atoms with E-state index in [0.29, 0.717) is 43.6 Å². The molecule has 1 aliphatic carbocycles. The van der Waals surface area contributed by atoms with E-state index in [9.17, 15) is 24.5 Å². The number of nitro groups is 1. The van der Waals surface area contributed by atoms with Crippen LogP contribution in [0.25, 0.3) is 0 Å². The Morgan fingerprint density at radius 1 is 1.00 bits per heavy atom. The van der Waals surface area contributed by atoms with Crippen LogP contribution in [-0.4, -0.2) is 73.0 Å². The number of amides is 2. The number of hydrogen-bond donors (Lipinski definition) is 1. The standard InChI is InChI=1S/C38H53N7O10/c1-24(40-33(46)54-37(5,6)7)12-11-21-51-32-39-20-19-30(41-32)43(34(47)55-38(8,9)10)31-23-29(42-44(31)36(2,3)4)25-13-16-28(22-25)53-35(48)52-27-17-14-26(15-18-27)45(49)50/h14-15,17-20,23-25,28H,11-13,16,21-22H2,1-10H3,(H,40,46)/t24-,25-,28+/m0/s1. The number of non-ortho nitro benzene ring substituents is 1. The number of anilines is 2. The van der Waals surface area contributed by atoms with Crippen LogP contribution < -0.4 is 19.7 Å². The maximum absolute atomic E-state index is 14.0. The van der Waals surface area contributed by atoms with Gasteiger partial charge in [0.1, 0.15) is 28.9 Å². The van der Waals surface area contributed by atoms with Gasteiger partial charge in [-0.15, -0.1) is 0 Å². The first kappa shape index (κ1) is 42.3. The lowest BCUT2D eigenvalue weighted by molar-refractivity contribution is -0.384. The molecule has 1 saturated carbocycles. The van der Waals surface area contributed by atoms with E-state index in [1.165, 1.54) is 35.4 Å². The number of aromatic nitrogens is 4. The van der Waals surface area contributed by atoms with Crippen LogP contribution >= 0.6 is 0 Å². The molecule has 17 heteroatoms. The molecule has 1 aliphatic rings. The first-order valence-electron chi connectivity index (χ1n) is 18.3. The van der Waals surface area contributed by atoms with Crippen molar-refractivity contribution in [2.45, 2.75) is 136 Å². The average molecular weight is 768 g/mol. The number of benzene rings is 1. The van der Waals surface area contributed by atoms with Crippen LogP contribution in [0.4, 0.5) is 31.7 Å². The molecular formula is C38H53N7O10. The van der Waals surface area contributed by atoms with Gasteiger partial charge in [-0.3, -0.25) is 10.1 Å². The van der Waals surface area contributed by atoms with Gasteiger partial charge in [0.05, 0.1) is 22.8 Å². The Bertz CT molecular complexity index is 1810. The third kappa shape index (κ3) is 12.8. The summed E-state index contributed by atoms with van der Waals surface area (Å²) in [6.07, 6.45) is 1.82. The zero-order valence-corrected chi connectivity index (χ0v) is 33.3. The van der Waals surface area contributed by atoms with Gasteiger partial charge in [-0.1, -0.05) is 0 Å². The van der Waals surface area contributed by atoms with Crippen LogP contribution in [0.2, 0.25) is 0 Å². The molecule has 0 aliphatic heterocycles. The quantitative estimate of drug-likeness (QED) is 0.0461. The first-order chi connectivity index (χ1) is 25.6. The molecule has 2 aromatic heterocycles. The Morgan fingerprint density at radius 3 is 2.29 bits per heavy atom. The topological polar surface area (TPSA) is 199 Å². The number of ether oxygens (including phenoxy) is 5. The summed E-state index contributed by atoms with van der Waals surface area (Å²) >= 11 is 0. The minimum absolute atomic E-state index is 0.0530. The van der Waals surface area contributed by atoms with Crippen LogP contribution in [-0.2, 0) is 19.7 Å². The normalized spacial score (nSPS) is 16.5. The first-order valence-corrected chi connectivity index (χ1v) is 18.3. The lowest BCUT2D eigenvalue weighted by Gasteiger charge is -2.30. The molecule has 1 aromatic carbocycles. The van der Waals surface area contributed by atoms with Gasteiger partial charge in [0.15, 0.2) is 5.82 Å². The van der Waals surface area contributed by atoms with Crippen LogP contribution in [0.5, 0.6) is 11.8 Å². The fourth-order valence-corrected chi connectivity index (χ4v) is 5.72. The molecule has 2 heterocycles. The molecule has 0 saturated heterocycles. The Hall–Kier alpha value is -5.48. The van der Waals surface area contributed by atoms with Crippen molar-refractivity contribution in [2.75, 3.05) is 11.5 Å². The van der Waals surface area contributed by atoms with Crippen molar-refractivity contribution in [3.05, 3.63) is 58.4 Å². The highest BCUT2D eigenvalue weighted by Crippen LogP contribution is 2.40. The van der Waals surface area contributed by atoms with Crippen molar-refractivity contribution in [3.8, 4) is 11.8 Å². The van der Waals surface area contributed by atoms with Gasteiger partial charge < -0.3 is 29.0 Å². The Morgan fingerprint density at radius 2 is 1.67 bits per heavy atom. The second-order valence-electron chi connectivity index (χ2n) is 16.4. The zero-order chi connectivity index (χ0) is 40.7. The number of nitrogens with zero attached hydrogens (tertiary/aromatic N) is 6. The smallest absolute Gasteiger partial charge is 0.463 e. The number of rotatable bonds is 12. The molecule has 0 bridgehead atoms. The number of hydrogen-bond acceptors (Lipinski definition) is 13. The van der Waals surface area contributed by atoms with Gasteiger partial charge in [0.25, 0.3) is 5.69 Å². The van der Waals surface area contributed by atoms with E-state index in [-0.39, 0.29) is 41.8 Å². The van der Waals surface area contributed by atoms with Crippen molar-refractivity contribution >= 4 is 35.7 Å². The molecular weight excluding hydrogens is 714 g/mol. The van der Waals surface area contributed by atoms with Crippen molar-refractivity contribution in [1.82, 2.24) is 25.1 Å². The van der Waals surface area contributed by atoms with Gasteiger partial charge in [-0.05, 0) is 113 Å². The zero-order valence-electron chi connectivity index (χ0n) is 33.3. The predicted molar refractivity (Wildman–Crippen MR) is 202 cm³/mol. The second kappa shape index (κ2) is 17.3. The number of carbonyl (C=O) groups is 3. The molecule has 300 valence electrons. The molecule has 3 atom stereocenters. The van der Waals surface area contributed by atoms with E-state index in [1.807, 2.05) is 33.8 Å². The van der Waals surface area contributed by atoms with E-state index >= 15 is 0 Å². The number of nitrogens with one attached hydrogen (secondary N) is 1. The minimum Gasteiger partial charge on any atom is -0.463 e. The molecule has 17 nitrogen and oxygen atoms in total. The average Bonchev–Trinajstić information content (AvgIpc) is 3.70. The predicted octanol–water partition coefficient (Wildman–Crippen LogP) is 8.33. The van der Waals surface area contributed by atoms with Gasteiger partial charge >= 0.3 is 24.4 Å². The van der Waals surface area contributed by atoms with E-state index in [0.717, 1.165) is 0 Å². The highest BCUT2D eigenvalue weighted by atomic mass is 16.7. The Labute approximate surface area is 321 Å². The Balaban J connectivity index is 1.50. The molecule has 0 spiro atoms. The van der Waals surface area contributed by atoms with Crippen molar-refractivity contribution < 1.29 is 43.0 Å². The van der Waals surface area contributed by atoms with Gasteiger partial charge in [0.2, 0.25) is 0 Å². The molecule has 0 unspecified atom stereocenters. The van der Waals surface area contributed by atoms with E-state index in [1.54, 1.807) is 52.3 Å². The van der Waals surface area contributed by atoms with E-state index in [4.69, 9.17) is 28.8 Å². The summed E-state index contributed by atoms with van der Waals surface area (Å²) in [5.41, 5.74) is -1.46. The summed E-state index contributed by atoms with van der Waals surface area (Å²) in [6, 6.07) is 8.44. The number of carbonyl (C=O) groups excluding carboxylic acids is 3. The van der Waals surface area contributed by atoms with Crippen LogP contribution in [0, 0.1) is 10.1 Å². The van der Waals surface area contributed by atoms with E-state index in [2.05, 4.69) is 15.3 Å². The SMILES string of the molecule is C[C@@H](CCCOc1nccc(N(C(=O)OC(C)(C)C)c2cc([C@H]3CC[C@@H](OC(=O)Oc4ccc([N+](=O)[O-])cc4)C3)nn2C(C)(C)C)n1)NC(=O)OC(C)(C)C. The van der Waals surface area contributed by atoms with Crippen LogP contribution in [0.3, 0.4) is 0 Å². The second-order valence-corrected chi connectivity index (χ2v) is 16.4.